The highest BCUT2D eigenvalue weighted by Gasteiger charge is 2.30. The van der Waals surface area contributed by atoms with Crippen LogP contribution in [-0.4, -0.2) is 33.0 Å². The SMILES string of the molecule is CN(c1cc(Br)cc(CN)c1)C1CCS(=O)(=O)C1. The zero-order valence-electron chi connectivity index (χ0n) is 10.3. The predicted molar refractivity (Wildman–Crippen MR) is 77.5 cm³/mol. The lowest BCUT2D eigenvalue weighted by Crippen LogP contribution is -2.32. The minimum atomic E-state index is -2.85. The Labute approximate surface area is 116 Å². The van der Waals surface area contributed by atoms with Gasteiger partial charge in [0, 0.05) is 29.8 Å². The van der Waals surface area contributed by atoms with E-state index in [1.54, 1.807) is 0 Å². The zero-order valence-corrected chi connectivity index (χ0v) is 12.7. The second-order valence-corrected chi connectivity index (χ2v) is 7.83. The van der Waals surface area contributed by atoms with E-state index < -0.39 is 9.84 Å². The molecule has 0 amide bonds. The molecular formula is C12H17BrN2O2S. The second-order valence-electron chi connectivity index (χ2n) is 4.69. The van der Waals surface area contributed by atoms with Gasteiger partial charge >= 0.3 is 0 Å². The Bertz CT molecular complexity index is 545. The van der Waals surface area contributed by atoms with E-state index >= 15 is 0 Å². The van der Waals surface area contributed by atoms with Gasteiger partial charge in [-0.2, -0.15) is 0 Å². The summed E-state index contributed by atoms with van der Waals surface area (Å²) in [6.07, 6.45) is 0.698. The summed E-state index contributed by atoms with van der Waals surface area (Å²) in [4.78, 5) is 2.04. The molecule has 18 heavy (non-hydrogen) atoms. The molecule has 6 heteroatoms. The predicted octanol–water partition coefficient (Wildman–Crippen LogP) is 1.53. The minimum absolute atomic E-state index is 0.0647. The van der Waals surface area contributed by atoms with Gasteiger partial charge < -0.3 is 10.6 Å². The van der Waals surface area contributed by atoms with Gasteiger partial charge in [0.25, 0.3) is 0 Å². The average Bonchev–Trinajstić information content (AvgIpc) is 2.67. The fourth-order valence-electron chi connectivity index (χ4n) is 2.25. The monoisotopic (exact) mass is 332 g/mol. The van der Waals surface area contributed by atoms with Crippen LogP contribution in [0.5, 0.6) is 0 Å². The molecule has 2 N–H and O–H groups in total. The van der Waals surface area contributed by atoms with Gasteiger partial charge in [0.1, 0.15) is 0 Å². The molecule has 1 unspecified atom stereocenters. The van der Waals surface area contributed by atoms with Gasteiger partial charge in [0.15, 0.2) is 9.84 Å². The van der Waals surface area contributed by atoms with Crippen molar-refractivity contribution in [2.24, 2.45) is 5.73 Å². The van der Waals surface area contributed by atoms with E-state index in [9.17, 15) is 8.42 Å². The molecular weight excluding hydrogens is 316 g/mol. The Morgan fingerprint density at radius 3 is 2.72 bits per heavy atom. The standard InChI is InChI=1S/C12H17BrN2O2S/c1-15(11-2-3-18(16,17)8-11)12-5-9(7-14)4-10(13)6-12/h4-6,11H,2-3,7-8,14H2,1H3. The maximum Gasteiger partial charge on any atom is 0.152 e. The lowest BCUT2D eigenvalue weighted by molar-refractivity contribution is 0.601. The van der Waals surface area contributed by atoms with Crippen LogP contribution in [0.3, 0.4) is 0 Å². The molecule has 1 aromatic carbocycles. The quantitative estimate of drug-likeness (QED) is 0.911. The Morgan fingerprint density at radius 1 is 1.44 bits per heavy atom. The number of nitrogens with zero attached hydrogens (tertiary/aromatic N) is 1. The molecule has 1 aromatic rings. The summed E-state index contributed by atoms with van der Waals surface area (Å²) < 4.78 is 24.0. The summed E-state index contributed by atoms with van der Waals surface area (Å²) >= 11 is 3.45. The Kier molecular flexibility index (Phi) is 3.99. The van der Waals surface area contributed by atoms with E-state index in [1.807, 2.05) is 30.1 Å². The van der Waals surface area contributed by atoms with Gasteiger partial charge in [-0.15, -0.1) is 0 Å². The zero-order chi connectivity index (χ0) is 13.3. The first-order chi connectivity index (χ1) is 8.41. The van der Waals surface area contributed by atoms with Crippen LogP contribution >= 0.6 is 15.9 Å². The third-order valence-electron chi connectivity index (χ3n) is 3.34. The van der Waals surface area contributed by atoms with Crippen LogP contribution in [-0.2, 0) is 16.4 Å². The number of anilines is 1. The van der Waals surface area contributed by atoms with Gasteiger partial charge in [0.05, 0.1) is 11.5 Å². The van der Waals surface area contributed by atoms with E-state index in [-0.39, 0.29) is 11.8 Å². The summed E-state index contributed by atoms with van der Waals surface area (Å²) in [5.41, 5.74) is 7.69. The summed E-state index contributed by atoms with van der Waals surface area (Å²) in [5.74, 6) is 0.535. The Morgan fingerprint density at radius 2 is 2.17 bits per heavy atom. The van der Waals surface area contributed by atoms with Crippen LogP contribution in [0.2, 0.25) is 0 Å². The summed E-state index contributed by atoms with van der Waals surface area (Å²) in [7, 11) is -0.914. The number of benzene rings is 1. The van der Waals surface area contributed by atoms with Crippen LogP contribution in [0.4, 0.5) is 5.69 Å². The molecule has 1 saturated heterocycles. The van der Waals surface area contributed by atoms with Gasteiger partial charge in [0.2, 0.25) is 0 Å². The molecule has 1 fully saturated rings. The van der Waals surface area contributed by atoms with Crippen molar-refractivity contribution in [3.63, 3.8) is 0 Å². The molecule has 0 bridgehead atoms. The molecule has 100 valence electrons. The number of halogens is 1. The molecule has 0 aliphatic carbocycles. The van der Waals surface area contributed by atoms with Crippen molar-refractivity contribution in [1.29, 1.82) is 0 Å². The normalized spacial score (nSPS) is 22.1. The van der Waals surface area contributed by atoms with Crippen molar-refractivity contribution < 1.29 is 8.42 Å². The number of nitrogens with two attached hydrogens (primary N) is 1. The lowest BCUT2D eigenvalue weighted by atomic mass is 10.1. The van der Waals surface area contributed by atoms with Crippen LogP contribution in [0.15, 0.2) is 22.7 Å². The first kappa shape index (κ1) is 13.8. The first-order valence-electron chi connectivity index (χ1n) is 5.84. The van der Waals surface area contributed by atoms with E-state index in [2.05, 4.69) is 15.9 Å². The number of rotatable bonds is 3. The molecule has 1 heterocycles. The molecule has 0 aromatic heterocycles. The fraction of sp³-hybridized carbons (Fsp3) is 0.500. The van der Waals surface area contributed by atoms with Gasteiger partial charge in [-0.1, -0.05) is 15.9 Å². The number of sulfone groups is 1. The van der Waals surface area contributed by atoms with Gasteiger partial charge in [-0.05, 0) is 30.2 Å². The maximum absolute atomic E-state index is 11.5. The molecule has 1 atom stereocenters. The van der Waals surface area contributed by atoms with Crippen molar-refractivity contribution in [3.05, 3.63) is 28.2 Å². The smallest absolute Gasteiger partial charge is 0.152 e. The third kappa shape index (κ3) is 3.05. The van der Waals surface area contributed by atoms with E-state index in [1.165, 1.54) is 0 Å². The van der Waals surface area contributed by atoms with E-state index in [0.717, 1.165) is 15.7 Å². The first-order valence-corrected chi connectivity index (χ1v) is 8.45. The lowest BCUT2D eigenvalue weighted by Gasteiger charge is -2.26. The molecule has 0 spiro atoms. The largest absolute Gasteiger partial charge is 0.371 e. The second kappa shape index (κ2) is 5.19. The van der Waals surface area contributed by atoms with Crippen LogP contribution in [0, 0.1) is 0 Å². The topological polar surface area (TPSA) is 63.4 Å². The van der Waals surface area contributed by atoms with Crippen molar-refractivity contribution in [2.45, 2.75) is 19.0 Å². The maximum atomic E-state index is 11.5. The summed E-state index contributed by atoms with van der Waals surface area (Å²) in [5, 5.41) is 0. The molecule has 0 saturated carbocycles. The minimum Gasteiger partial charge on any atom is -0.371 e. The molecule has 0 radical (unpaired) electrons. The highest BCUT2D eigenvalue weighted by atomic mass is 79.9. The van der Waals surface area contributed by atoms with Crippen molar-refractivity contribution >= 4 is 31.5 Å². The summed E-state index contributed by atoms with van der Waals surface area (Å²) in [6, 6.07) is 6.04. The van der Waals surface area contributed by atoms with E-state index in [4.69, 9.17) is 5.73 Å². The van der Waals surface area contributed by atoms with Crippen molar-refractivity contribution in [3.8, 4) is 0 Å². The molecule has 1 aliphatic rings. The van der Waals surface area contributed by atoms with Crippen molar-refractivity contribution in [2.75, 3.05) is 23.5 Å². The summed E-state index contributed by atoms with van der Waals surface area (Å²) in [6.45, 7) is 0.475. The third-order valence-corrected chi connectivity index (χ3v) is 5.55. The molecule has 1 aliphatic heterocycles. The van der Waals surface area contributed by atoms with Crippen LogP contribution < -0.4 is 10.6 Å². The Hall–Kier alpha value is -0.590. The number of hydrogen-bond donors (Lipinski definition) is 1. The average molecular weight is 333 g/mol. The van der Waals surface area contributed by atoms with Gasteiger partial charge in [-0.3, -0.25) is 0 Å². The fourth-order valence-corrected chi connectivity index (χ4v) is 4.55. The van der Waals surface area contributed by atoms with Crippen molar-refractivity contribution in [1.82, 2.24) is 0 Å². The van der Waals surface area contributed by atoms with E-state index in [0.29, 0.717) is 18.7 Å². The highest BCUT2D eigenvalue weighted by molar-refractivity contribution is 9.10. The molecule has 4 nitrogen and oxygen atoms in total. The van der Waals surface area contributed by atoms with Crippen LogP contribution in [0.1, 0.15) is 12.0 Å². The molecule has 2 rings (SSSR count). The Balaban J connectivity index is 2.23. The van der Waals surface area contributed by atoms with Gasteiger partial charge in [-0.25, -0.2) is 8.42 Å². The highest BCUT2D eigenvalue weighted by Crippen LogP contribution is 2.26. The van der Waals surface area contributed by atoms with Crippen LogP contribution in [0.25, 0.3) is 0 Å². The number of hydrogen-bond acceptors (Lipinski definition) is 4.